The Morgan fingerprint density at radius 3 is 2.55 bits per heavy atom. The number of hydrogen-bond donors (Lipinski definition) is 1. The van der Waals surface area contributed by atoms with E-state index in [1.807, 2.05) is 30.3 Å². The fourth-order valence-corrected chi connectivity index (χ4v) is 2.29. The highest BCUT2D eigenvalue weighted by atomic mass is 16.4. The minimum Gasteiger partial charge on any atom is -0.423 e. The van der Waals surface area contributed by atoms with Crippen molar-refractivity contribution in [2.75, 3.05) is 4.90 Å². The summed E-state index contributed by atoms with van der Waals surface area (Å²) in [5.41, 5.74) is 7.19. The van der Waals surface area contributed by atoms with Crippen LogP contribution in [0.1, 0.15) is 5.56 Å². The highest BCUT2D eigenvalue weighted by Crippen LogP contribution is 2.22. The zero-order valence-electron chi connectivity index (χ0n) is 11.7. The molecule has 3 rings (SSSR count). The first-order valence-corrected chi connectivity index (χ1v) is 6.78. The van der Waals surface area contributed by atoms with Gasteiger partial charge in [0.2, 0.25) is 0 Å². The number of nitrogens with zero attached hydrogens (tertiary/aromatic N) is 1. The summed E-state index contributed by atoms with van der Waals surface area (Å²) in [4.78, 5) is 24.4. The molecule has 0 saturated carbocycles. The quantitative estimate of drug-likeness (QED) is 0.754. The van der Waals surface area contributed by atoms with Crippen LogP contribution in [0.3, 0.4) is 0 Å². The van der Waals surface area contributed by atoms with E-state index >= 15 is 0 Å². The summed E-state index contributed by atoms with van der Waals surface area (Å²) >= 11 is 0. The normalized spacial score (nSPS) is 10.5. The van der Waals surface area contributed by atoms with E-state index in [1.165, 1.54) is 11.0 Å². The van der Waals surface area contributed by atoms with Crippen molar-refractivity contribution in [3.63, 3.8) is 0 Å². The summed E-state index contributed by atoms with van der Waals surface area (Å²) in [6.45, 7) is 0.373. The van der Waals surface area contributed by atoms with Gasteiger partial charge in [-0.3, -0.25) is 4.90 Å². The molecule has 0 aliphatic carbocycles. The lowest BCUT2D eigenvalue weighted by atomic mass is 10.1. The lowest BCUT2D eigenvalue weighted by molar-refractivity contribution is 0.253. The lowest BCUT2D eigenvalue weighted by Gasteiger charge is -2.21. The number of amides is 2. The summed E-state index contributed by atoms with van der Waals surface area (Å²) in [5.74, 6) is 0. The Labute approximate surface area is 126 Å². The van der Waals surface area contributed by atoms with E-state index < -0.39 is 11.7 Å². The van der Waals surface area contributed by atoms with Gasteiger partial charge in [0.15, 0.2) is 0 Å². The van der Waals surface area contributed by atoms with Gasteiger partial charge in [0, 0.05) is 17.1 Å². The number of primary amides is 1. The van der Waals surface area contributed by atoms with Crippen LogP contribution < -0.4 is 16.3 Å². The van der Waals surface area contributed by atoms with Crippen LogP contribution in [-0.4, -0.2) is 6.03 Å². The average Bonchev–Trinajstić information content (AvgIpc) is 2.53. The number of anilines is 1. The second kappa shape index (κ2) is 5.73. The zero-order valence-corrected chi connectivity index (χ0v) is 11.7. The third kappa shape index (κ3) is 2.83. The SMILES string of the molecule is NC(=O)N(Cc1ccccc1)c1ccc2oc(=O)ccc2c1. The maximum Gasteiger partial charge on any atom is 0.336 e. The summed E-state index contributed by atoms with van der Waals surface area (Å²) < 4.78 is 5.08. The van der Waals surface area contributed by atoms with Crippen molar-refractivity contribution >= 4 is 22.7 Å². The fourth-order valence-electron chi connectivity index (χ4n) is 2.29. The molecule has 0 atom stereocenters. The maximum atomic E-state index is 11.8. The molecule has 2 aromatic carbocycles. The fraction of sp³-hybridized carbons (Fsp3) is 0.0588. The molecule has 5 nitrogen and oxygen atoms in total. The highest BCUT2D eigenvalue weighted by Gasteiger charge is 2.13. The predicted octanol–water partition coefficient (Wildman–Crippen LogP) is 2.88. The zero-order chi connectivity index (χ0) is 15.5. The van der Waals surface area contributed by atoms with E-state index in [0.29, 0.717) is 17.8 Å². The Morgan fingerprint density at radius 2 is 1.82 bits per heavy atom. The second-order valence-corrected chi connectivity index (χ2v) is 4.89. The van der Waals surface area contributed by atoms with Gasteiger partial charge in [-0.1, -0.05) is 30.3 Å². The van der Waals surface area contributed by atoms with Crippen LogP contribution in [0.2, 0.25) is 0 Å². The first kappa shape index (κ1) is 13.9. The number of nitrogens with two attached hydrogens (primary N) is 1. The highest BCUT2D eigenvalue weighted by molar-refractivity contribution is 5.93. The van der Waals surface area contributed by atoms with Gasteiger partial charge in [0.05, 0.1) is 6.54 Å². The molecule has 0 spiro atoms. The smallest absolute Gasteiger partial charge is 0.336 e. The third-order valence-electron chi connectivity index (χ3n) is 3.36. The van der Waals surface area contributed by atoms with Gasteiger partial charge in [-0.25, -0.2) is 9.59 Å². The van der Waals surface area contributed by atoms with E-state index in [2.05, 4.69) is 0 Å². The van der Waals surface area contributed by atoms with E-state index in [-0.39, 0.29) is 0 Å². The van der Waals surface area contributed by atoms with Gasteiger partial charge in [0.25, 0.3) is 0 Å². The number of hydrogen-bond acceptors (Lipinski definition) is 3. The van der Waals surface area contributed by atoms with Crippen LogP contribution in [0.25, 0.3) is 11.0 Å². The molecule has 110 valence electrons. The summed E-state index contributed by atoms with van der Waals surface area (Å²) in [5, 5.41) is 0.733. The molecule has 1 aromatic heterocycles. The van der Waals surface area contributed by atoms with Crippen molar-refractivity contribution in [3.8, 4) is 0 Å². The van der Waals surface area contributed by atoms with Crippen molar-refractivity contribution in [2.45, 2.75) is 6.54 Å². The molecule has 2 amide bonds. The van der Waals surface area contributed by atoms with Crippen LogP contribution in [-0.2, 0) is 6.54 Å². The molecule has 1 heterocycles. The Morgan fingerprint density at radius 1 is 1.05 bits per heavy atom. The van der Waals surface area contributed by atoms with Crippen LogP contribution in [0.5, 0.6) is 0 Å². The molecule has 0 bridgehead atoms. The first-order valence-electron chi connectivity index (χ1n) is 6.78. The van der Waals surface area contributed by atoms with Crippen molar-refractivity contribution in [1.82, 2.24) is 0 Å². The van der Waals surface area contributed by atoms with Gasteiger partial charge < -0.3 is 10.2 Å². The van der Waals surface area contributed by atoms with Crippen LogP contribution in [0.4, 0.5) is 10.5 Å². The predicted molar refractivity (Wildman–Crippen MR) is 84.7 cm³/mol. The van der Waals surface area contributed by atoms with E-state index in [0.717, 1.165) is 10.9 Å². The standard InChI is InChI=1S/C17H14N2O3/c18-17(21)19(11-12-4-2-1-3-5-12)14-7-8-15-13(10-14)6-9-16(20)22-15/h1-10H,11H2,(H2,18,21). The Balaban J connectivity index is 1.99. The Kier molecular flexibility index (Phi) is 3.62. The molecule has 0 aliphatic rings. The average molecular weight is 294 g/mol. The number of rotatable bonds is 3. The molecule has 22 heavy (non-hydrogen) atoms. The molecular weight excluding hydrogens is 280 g/mol. The van der Waals surface area contributed by atoms with Gasteiger partial charge in [-0.2, -0.15) is 0 Å². The molecule has 5 heteroatoms. The van der Waals surface area contributed by atoms with Crippen molar-refractivity contribution < 1.29 is 9.21 Å². The summed E-state index contributed by atoms with van der Waals surface area (Å²) in [6.07, 6.45) is 0. The van der Waals surface area contributed by atoms with Gasteiger partial charge in [-0.15, -0.1) is 0 Å². The molecule has 0 saturated heterocycles. The van der Waals surface area contributed by atoms with Crippen molar-refractivity contribution in [3.05, 3.63) is 76.6 Å². The number of fused-ring (bicyclic) bond motifs is 1. The second-order valence-electron chi connectivity index (χ2n) is 4.89. The van der Waals surface area contributed by atoms with Crippen LogP contribution in [0.15, 0.2) is 69.9 Å². The Bertz CT molecular complexity index is 872. The molecule has 3 aromatic rings. The van der Waals surface area contributed by atoms with Gasteiger partial charge >= 0.3 is 11.7 Å². The van der Waals surface area contributed by atoms with Crippen molar-refractivity contribution in [2.24, 2.45) is 5.73 Å². The van der Waals surface area contributed by atoms with E-state index in [9.17, 15) is 9.59 Å². The molecular formula is C17H14N2O3. The van der Waals surface area contributed by atoms with Crippen LogP contribution in [0, 0.1) is 0 Å². The minimum absolute atomic E-state index is 0.373. The topological polar surface area (TPSA) is 76.5 Å². The third-order valence-corrected chi connectivity index (χ3v) is 3.36. The molecule has 0 fully saturated rings. The van der Waals surface area contributed by atoms with E-state index in [4.69, 9.17) is 10.2 Å². The van der Waals surface area contributed by atoms with E-state index in [1.54, 1.807) is 24.3 Å². The Hall–Kier alpha value is -3.08. The molecule has 0 aliphatic heterocycles. The summed E-state index contributed by atoms with van der Waals surface area (Å²) in [7, 11) is 0. The van der Waals surface area contributed by atoms with Gasteiger partial charge in [-0.05, 0) is 29.8 Å². The number of urea groups is 1. The number of benzene rings is 2. The monoisotopic (exact) mass is 294 g/mol. The van der Waals surface area contributed by atoms with Gasteiger partial charge in [0.1, 0.15) is 5.58 Å². The molecule has 2 N–H and O–H groups in total. The lowest BCUT2D eigenvalue weighted by Crippen LogP contribution is -2.35. The maximum absolute atomic E-state index is 11.8. The largest absolute Gasteiger partial charge is 0.423 e. The summed E-state index contributed by atoms with van der Waals surface area (Å²) in [6, 6.07) is 17.2. The minimum atomic E-state index is -0.541. The molecule has 0 radical (unpaired) electrons. The molecule has 0 unspecified atom stereocenters. The van der Waals surface area contributed by atoms with Crippen LogP contribution >= 0.6 is 0 Å². The number of carbonyl (C=O) groups is 1. The van der Waals surface area contributed by atoms with Crippen molar-refractivity contribution in [1.29, 1.82) is 0 Å². The first-order chi connectivity index (χ1) is 10.6. The number of carbonyl (C=O) groups excluding carboxylic acids is 1.